The molecule has 1 atom stereocenters. The number of rotatable bonds is 3. The highest BCUT2D eigenvalue weighted by Crippen LogP contribution is 2.09. The molecular formula is C13H16OS. The van der Waals surface area contributed by atoms with Crippen LogP contribution < -0.4 is 0 Å². The molecule has 1 rings (SSSR count). The van der Waals surface area contributed by atoms with Gasteiger partial charge in [0.1, 0.15) is 0 Å². The van der Waals surface area contributed by atoms with E-state index in [1.54, 1.807) is 5.41 Å². The van der Waals surface area contributed by atoms with E-state index in [1.807, 2.05) is 57.2 Å². The van der Waals surface area contributed by atoms with Gasteiger partial charge in [0, 0.05) is 10.3 Å². The average Bonchev–Trinajstić information content (AvgIpc) is 2.18. The normalized spacial score (nSPS) is 12.7. The van der Waals surface area contributed by atoms with Gasteiger partial charge in [0.2, 0.25) is 0 Å². The summed E-state index contributed by atoms with van der Waals surface area (Å²) in [5, 5.41) is 1.71. The van der Waals surface area contributed by atoms with Crippen molar-refractivity contribution >= 4 is 10.8 Å². The molecule has 0 aliphatic rings. The molecule has 0 saturated heterocycles. The molecule has 1 aromatic rings. The molecule has 0 aliphatic heterocycles. The molecule has 2 heteroatoms. The third-order valence-corrected chi connectivity index (χ3v) is 3.03. The van der Waals surface area contributed by atoms with E-state index in [0.717, 1.165) is 4.90 Å². The topological polar surface area (TPSA) is 17.1 Å². The third kappa shape index (κ3) is 4.26. The van der Waals surface area contributed by atoms with E-state index in [0.29, 0.717) is 0 Å². The second-order valence-corrected chi connectivity index (χ2v) is 5.02. The van der Waals surface area contributed by atoms with Gasteiger partial charge in [-0.3, -0.25) is 0 Å². The van der Waals surface area contributed by atoms with Crippen LogP contribution >= 0.6 is 0 Å². The summed E-state index contributed by atoms with van der Waals surface area (Å²) in [6.07, 6.45) is 3.79. The Bertz CT molecular complexity index is 395. The first kappa shape index (κ1) is 11.9. The van der Waals surface area contributed by atoms with Gasteiger partial charge >= 0.3 is 0 Å². The lowest BCUT2D eigenvalue weighted by Gasteiger charge is -1.96. The smallest absolute Gasteiger partial charge is 0.0775 e. The van der Waals surface area contributed by atoms with Crippen molar-refractivity contribution in [1.29, 1.82) is 0 Å². The Morgan fingerprint density at radius 3 is 2.33 bits per heavy atom. The van der Waals surface area contributed by atoms with Crippen LogP contribution in [-0.4, -0.2) is 4.21 Å². The highest BCUT2D eigenvalue weighted by Gasteiger charge is 1.97. The van der Waals surface area contributed by atoms with Crippen LogP contribution in [-0.2, 0) is 10.8 Å². The van der Waals surface area contributed by atoms with Crippen molar-refractivity contribution in [1.82, 2.24) is 0 Å². The quantitative estimate of drug-likeness (QED) is 0.711. The fourth-order valence-corrected chi connectivity index (χ4v) is 1.84. The second-order valence-electron chi connectivity index (χ2n) is 3.68. The maximum Gasteiger partial charge on any atom is 0.0775 e. The molecule has 0 fully saturated rings. The highest BCUT2D eigenvalue weighted by molar-refractivity contribution is 7.88. The molecule has 0 amide bonds. The van der Waals surface area contributed by atoms with E-state index < -0.39 is 10.8 Å². The van der Waals surface area contributed by atoms with Crippen LogP contribution in [0.1, 0.15) is 19.4 Å². The van der Waals surface area contributed by atoms with Gasteiger partial charge < -0.3 is 0 Å². The second kappa shape index (κ2) is 5.66. The van der Waals surface area contributed by atoms with Gasteiger partial charge in [0.15, 0.2) is 0 Å². The summed E-state index contributed by atoms with van der Waals surface area (Å²) in [6.45, 7) is 6.05. The Hall–Kier alpha value is -1.15. The Kier molecular flexibility index (Phi) is 4.50. The number of hydrogen-bond donors (Lipinski definition) is 0. The molecule has 0 N–H and O–H groups in total. The third-order valence-electron chi connectivity index (χ3n) is 1.89. The largest absolute Gasteiger partial charge is 0.250 e. The van der Waals surface area contributed by atoms with Crippen molar-refractivity contribution < 1.29 is 4.21 Å². The molecule has 0 bridgehead atoms. The Labute approximate surface area is 94.0 Å². The van der Waals surface area contributed by atoms with Crippen molar-refractivity contribution in [3.8, 4) is 0 Å². The zero-order valence-electron chi connectivity index (χ0n) is 9.36. The standard InChI is InChI=1S/C13H16OS/c1-11(2)5-4-10-15(14)13-8-6-12(3)7-9-13/h4-10H,1-3H3/b10-4+. The first-order chi connectivity index (χ1) is 7.09. The molecule has 80 valence electrons. The minimum Gasteiger partial charge on any atom is -0.250 e. The molecule has 1 aromatic carbocycles. The Morgan fingerprint density at radius 2 is 1.80 bits per heavy atom. The van der Waals surface area contributed by atoms with Crippen LogP contribution in [0, 0.1) is 6.92 Å². The lowest BCUT2D eigenvalue weighted by molar-refractivity contribution is 0.688. The summed E-state index contributed by atoms with van der Waals surface area (Å²) in [4.78, 5) is 0.846. The molecule has 0 aromatic heterocycles. The van der Waals surface area contributed by atoms with Crippen molar-refractivity contribution in [2.75, 3.05) is 0 Å². The van der Waals surface area contributed by atoms with Crippen molar-refractivity contribution in [2.45, 2.75) is 25.7 Å². The summed E-state index contributed by atoms with van der Waals surface area (Å²) in [7, 11) is -1.03. The Balaban J connectivity index is 2.74. The van der Waals surface area contributed by atoms with E-state index in [1.165, 1.54) is 11.1 Å². The summed E-state index contributed by atoms with van der Waals surface area (Å²) in [5.74, 6) is 0. The maximum atomic E-state index is 11.7. The van der Waals surface area contributed by atoms with Crippen LogP contribution in [0.5, 0.6) is 0 Å². The minimum atomic E-state index is -1.03. The van der Waals surface area contributed by atoms with E-state index in [2.05, 4.69) is 0 Å². The first-order valence-electron chi connectivity index (χ1n) is 4.88. The minimum absolute atomic E-state index is 0.846. The van der Waals surface area contributed by atoms with Crippen LogP contribution in [0.15, 0.2) is 52.3 Å². The lowest BCUT2D eigenvalue weighted by atomic mass is 10.2. The van der Waals surface area contributed by atoms with Gasteiger partial charge in [-0.2, -0.15) is 0 Å². The predicted octanol–water partition coefficient (Wildman–Crippen LogP) is 3.58. The summed E-state index contributed by atoms with van der Waals surface area (Å²) < 4.78 is 11.7. The summed E-state index contributed by atoms with van der Waals surface area (Å²) in [6, 6.07) is 7.75. The number of aryl methyl sites for hydroxylation is 1. The molecular weight excluding hydrogens is 204 g/mol. The molecule has 0 saturated carbocycles. The highest BCUT2D eigenvalue weighted by atomic mass is 32.2. The number of allylic oxidation sites excluding steroid dienone is 3. The van der Waals surface area contributed by atoms with Gasteiger partial charge in [-0.05, 0) is 32.9 Å². The summed E-state index contributed by atoms with van der Waals surface area (Å²) >= 11 is 0. The SMILES string of the molecule is CC(C)=C/C=C/S(=O)c1ccc(C)cc1. The van der Waals surface area contributed by atoms with Gasteiger partial charge in [-0.1, -0.05) is 35.4 Å². The van der Waals surface area contributed by atoms with E-state index in [4.69, 9.17) is 0 Å². The fourth-order valence-electron chi connectivity index (χ4n) is 1.05. The van der Waals surface area contributed by atoms with Gasteiger partial charge in [0.25, 0.3) is 0 Å². The molecule has 15 heavy (non-hydrogen) atoms. The Morgan fingerprint density at radius 1 is 1.20 bits per heavy atom. The number of benzene rings is 1. The number of hydrogen-bond acceptors (Lipinski definition) is 1. The molecule has 1 nitrogen and oxygen atoms in total. The van der Waals surface area contributed by atoms with Crippen molar-refractivity contribution in [2.24, 2.45) is 0 Å². The van der Waals surface area contributed by atoms with Gasteiger partial charge in [-0.25, -0.2) is 4.21 Å². The van der Waals surface area contributed by atoms with E-state index in [9.17, 15) is 4.21 Å². The maximum absolute atomic E-state index is 11.7. The van der Waals surface area contributed by atoms with Gasteiger partial charge in [-0.15, -0.1) is 0 Å². The van der Waals surface area contributed by atoms with E-state index >= 15 is 0 Å². The summed E-state index contributed by atoms with van der Waals surface area (Å²) in [5.41, 5.74) is 2.39. The molecule has 1 unspecified atom stereocenters. The van der Waals surface area contributed by atoms with Crippen LogP contribution in [0.25, 0.3) is 0 Å². The first-order valence-corrected chi connectivity index (χ1v) is 6.10. The van der Waals surface area contributed by atoms with Crippen LogP contribution in [0.2, 0.25) is 0 Å². The zero-order valence-corrected chi connectivity index (χ0v) is 10.2. The lowest BCUT2D eigenvalue weighted by Crippen LogP contribution is -1.85. The fraction of sp³-hybridized carbons (Fsp3) is 0.231. The monoisotopic (exact) mass is 220 g/mol. The molecule has 0 spiro atoms. The molecule has 0 radical (unpaired) electrons. The van der Waals surface area contributed by atoms with Crippen molar-refractivity contribution in [3.05, 3.63) is 53.0 Å². The van der Waals surface area contributed by atoms with Gasteiger partial charge in [0.05, 0.1) is 10.8 Å². The predicted molar refractivity (Wildman–Crippen MR) is 66.2 cm³/mol. The van der Waals surface area contributed by atoms with Crippen molar-refractivity contribution in [3.63, 3.8) is 0 Å². The van der Waals surface area contributed by atoms with Crippen LogP contribution in [0.3, 0.4) is 0 Å². The zero-order chi connectivity index (χ0) is 11.3. The van der Waals surface area contributed by atoms with Crippen LogP contribution in [0.4, 0.5) is 0 Å². The average molecular weight is 220 g/mol. The molecule has 0 aliphatic carbocycles. The van der Waals surface area contributed by atoms with E-state index in [-0.39, 0.29) is 0 Å². The molecule has 0 heterocycles.